The Labute approximate surface area is 96.2 Å². The highest BCUT2D eigenvalue weighted by molar-refractivity contribution is 5.97. The molecule has 1 aliphatic heterocycles. The number of anilines is 1. The largest absolute Gasteiger partial charge is 0.320 e. The van der Waals surface area contributed by atoms with Gasteiger partial charge in [-0.3, -0.25) is 4.79 Å². The van der Waals surface area contributed by atoms with E-state index in [0.717, 1.165) is 25.1 Å². The minimum absolute atomic E-state index is 0.0200. The van der Waals surface area contributed by atoms with Gasteiger partial charge in [-0.25, -0.2) is 0 Å². The number of nitrogens with zero attached hydrogens (tertiary/aromatic N) is 1. The number of rotatable bonds is 1. The van der Waals surface area contributed by atoms with Crippen LogP contribution in [0.15, 0.2) is 18.2 Å². The van der Waals surface area contributed by atoms with Gasteiger partial charge in [0.25, 0.3) is 0 Å². The van der Waals surface area contributed by atoms with E-state index in [9.17, 15) is 4.79 Å². The first-order chi connectivity index (χ1) is 7.59. The van der Waals surface area contributed by atoms with E-state index in [4.69, 9.17) is 5.73 Å². The summed E-state index contributed by atoms with van der Waals surface area (Å²) in [5, 5.41) is 0. The number of aryl methyl sites for hydroxylation is 2. The molecule has 2 N–H and O–H groups in total. The number of carbonyl (C=O) groups is 1. The SMILES string of the molecule is Cc1ccc2c(c1)N(C(=O)C(C)N)CCC2. The molecule has 3 nitrogen and oxygen atoms in total. The van der Waals surface area contributed by atoms with Crippen molar-refractivity contribution in [1.29, 1.82) is 0 Å². The van der Waals surface area contributed by atoms with Gasteiger partial charge in [-0.05, 0) is 43.9 Å². The average molecular weight is 218 g/mol. The summed E-state index contributed by atoms with van der Waals surface area (Å²) >= 11 is 0. The Morgan fingerprint density at radius 2 is 2.25 bits per heavy atom. The molecule has 1 atom stereocenters. The molecule has 1 aromatic carbocycles. The summed E-state index contributed by atoms with van der Waals surface area (Å²) in [6.45, 7) is 4.58. The zero-order valence-corrected chi connectivity index (χ0v) is 9.86. The van der Waals surface area contributed by atoms with Crippen molar-refractivity contribution in [3.05, 3.63) is 29.3 Å². The Morgan fingerprint density at radius 1 is 1.50 bits per heavy atom. The van der Waals surface area contributed by atoms with Gasteiger partial charge in [-0.1, -0.05) is 12.1 Å². The Morgan fingerprint density at radius 3 is 2.94 bits per heavy atom. The van der Waals surface area contributed by atoms with Crippen molar-refractivity contribution >= 4 is 11.6 Å². The molecule has 16 heavy (non-hydrogen) atoms. The van der Waals surface area contributed by atoms with Crippen molar-refractivity contribution in [2.24, 2.45) is 5.73 Å². The van der Waals surface area contributed by atoms with Gasteiger partial charge in [0.05, 0.1) is 6.04 Å². The van der Waals surface area contributed by atoms with E-state index in [0.29, 0.717) is 0 Å². The van der Waals surface area contributed by atoms with Gasteiger partial charge in [0.2, 0.25) is 5.91 Å². The molecule has 0 saturated heterocycles. The summed E-state index contributed by atoms with van der Waals surface area (Å²) < 4.78 is 0. The predicted molar refractivity (Wildman–Crippen MR) is 65.5 cm³/mol. The highest BCUT2D eigenvalue weighted by atomic mass is 16.2. The van der Waals surface area contributed by atoms with Crippen LogP contribution in [0.1, 0.15) is 24.5 Å². The number of fused-ring (bicyclic) bond motifs is 1. The van der Waals surface area contributed by atoms with E-state index in [1.165, 1.54) is 11.1 Å². The molecule has 1 aliphatic rings. The van der Waals surface area contributed by atoms with Crippen LogP contribution < -0.4 is 10.6 Å². The lowest BCUT2D eigenvalue weighted by atomic mass is 9.99. The smallest absolute Gasteiger partial charge is 0.243 e. The fraction of sp³-hybridized carbons (Fsp3) is 0.462. The second-order valence-corrected chi connectivity index (χ2v) is 4.51. The number of hydrogen-bond acceptors (Lipinski definition) is 2. The molecule has 0 fully saturated rings. The van der Waals surface area contributed by atoms with E-state index in [1.807, 2.05) is 11.8 Å². The summed E-state index contributed by atoms with van der Waals surface area (Å²) in [7, 11) is 0. The highest BCUT2D eigenvalue weighted by Gasteiger charge is 2.24. The molecule has 0 bridgehead atoms. The monoisotopic (exact) mass is 218 g/mol. The number of carbonyl (C=O) groups excluding carboxylic acids is 1. The van der Waals surface area contributed by atoms with Crippen LogP contribution in [0.4, 0.5) is 5.69 Å². The van der Waals surface area contributed by atoms with Crippen molar-refractivity contribution in [1.82, 2.24) is 0 Å². The molecular weight excluding hydrogens is 200 g/mol. The maximum absolute atomic E-state index is 12.0. The van der Waals surface area contributed by atoms with Crippen molar-refractivity contribution < 1.29 is 4.79 Å². The lowest BCUT2D eigenvalue weighted by Crippen LogP contribution is -2.44. The van der Waals surface area contributed by atoms with Crippen molar-refractivity contribution in [3.8, 4) is 0 Å². The van der Waals surface area contributed by atoms with Crippen LogP contribution in [-0.4, -0.2) is 18.5 Å². The van der Waals surface area contributed by atoms with Crippen molar-refractivity contribution in [2.75, 3.05) is 11.4 Å². The van der Waals surface area contributed by atoms with E-state index in [-0.39, 0.29) is 5.91 Å². The van der Waals surface area contributed by atoms with Crippen molar-refractivity contribution in [3.63, 3.8) is 0 Å². The summed E-state index contributed by atoms with van der Waals surface area (Å²) in [5.41, 5.74) is 9.16. The van der Waals surface area contributed by atoms with E-state index >= 15 is 0 Å². The second kappa shape index (κ2) is 4.26. The molecule has 0 saturated carbocycles. The molecule has 1 unspecified atom stereocenters. The zero-order chi connectivity index (χ0) is 11.7. The van der Waals surface area contributed by atoms with Gasteiger partial charge >= 0.3 is 0 Å². The Balaban J connectivity index is 2.39. The van der Waals surface area contributed by atoms with Gasteiger partial charge in [0.1, 0.15) is 0 Å². The van der Waals surface area contributed by atoms with Gasteiger partial charge in [0.15, 0.2) is 0 Å². The summed E-state index contributed by atoms with van der Waals surface area (Å²) in [6, 6.07) is 5.87. The first-order valence-corrected chi connectivity index (χ1v) is 5.76. The molecule has 2 rings (SSSR count). The second-order valence-electron chi connectivity index (χ2n) is 4.51. The maximum atomic E-state index is 12.0. The van der Waals surface area contributed by atoms with Crippen LogP contribution in [0.25, 0.3) is 0 Å². The Bertz CT molecular complexity index is 412. The topological polar surface area (TPSA) is 46.3 Å². The van der Waals surface area contributed by atoms with E-state index < -0.39 is 6.04 Å². The quantitative estimate of drug-likeness (QED) is 0.778. The normalized spacial score (nSPS) is 16.8. The molecule has 1 heterocycles. The lowest BCUT2D eigenvalue weighted by molar-refractivity contribution is -0.119. The van der Waals surface area contributed by atoms with E-state index in [2.05, 4.69) is 18.2 Å². The molecule has 0 aliphatic carbocycles. The van der Waals surface area contributed by atoms with Gasteiger partial charge in [-0.15, -0.1) is 0 Å². The standard InChI is InChI=1S/C13H18N2O/c1-9-5-6-11-4-3-7-15(12(11)8-9)13(16)10(2)14/h5-6,8,10H,3-4,7,14H2,1-2H3. The number of nitrogens with two attached hydrogens (primary N) is 1. The first kappa shape index (κ1) is 11.1. The maximum Gasteiger partial charge on any atom is 0.243 e. The summed E-state index contributed by atoms with van der Waals surface area (Å²) in [4.78, 5) is 13.8. The third kappa shape index (κ3) is 1.95. The third-order valence-corrected chi connectivity index (χ3v) is 3.01. The Kier molecular flexibility index (Phi) is 2.97. The third-order valence-electron chi connectivity index (χ3n) is 3.01. The molecule has 0 radical (unpaired) electrons. The minimum atomic E-state index is -0.425. The van der Waals surface area contributed by atoms with Crippen LogP contribution in [0.2, 0.25) is 0 Å². The fourth-order valence-electron chi connectivity index (χ4n) is 2.16. The Hall–Kier alpha value is -1.35. The molecule has 3 heteroatoms. The summed E-state index contributed by atoms with van der Waals surface area (Å²) in [5.74, 6) is 0.0200. The number of amides is 1. The molecule has 86 valence electrons. The molecule has 0 aromatic heterocycles. The van der Waals surface area contributed by atoms with E-state index in [1.54, 1.807) is 6.92 Å². The minimum Gasteiger partial charge on any atom is -0.320 e. The molecule has 1 aromatic rings. The molecular formula is C13H18N2O. The number of benzene rings is 1. The van der Waals surface area contributed by atoms with Gasteiger partial charge in [0, 0.05) is 12.2 Å². The first-order valence-electron chi connectivity index (χ1n) is 5.76. The summed E-state index contributed by atoms with van der Waals surface area (Å²) in [6.07, 6.45) is 2.08. The lowest BCUT2D eigenvalue weighted by Gasteiger charge is -2.31. The van der Waals surface area contributed by atoms with Crippen LogP contribution in [0.3, 0.4) is 0 Å². The van der Waals surface area contributed by atoms with Crippen LogP contribution in [0.5, 0.6) is 0 Å². The highest BCUT2D eigenvalue weighted by Crippen LogP contribution is 2.28. The molecule has 1 amide bonds. The number of hydrogen-bond donors (Lipinski definition) is 1. The average Bonchev–Trinajstić information content (AvgIpc) is 2.27. The predicted octanol–water partition coefficient (Wildman–Crippen LogP) is 1.62. The zero-order valence-electron chi connectivity index (χ0n) is 9.86. The van der Waals surface area contributed by atoms with Crippen LogP contribution in [0, 0.1) is 6.92 Å². The van der Waals surface area contributed by atoms with Gasteiger partial charge in [-0.2, -0.15) is 0 Å². The van der Waals surface area contributed by atoms with Crippen LogP contribution in [-0.2, 0) is 11.2 Å². The molecule has 0 spiro atoms. The fourth-order valence-corrected chi connectivity index (χ4v) is 2.16. The van der Waals surface area contributed by atoms with Gasteiger partial charge < -0.3 is 10.6 Å². The van der Waals surface area contributed by atoms with Crippen LogP contribution >= 0.6 is 0 Å². The van der Waals surface area contributed by atoms with Crippen molar-refractivity contribution in [2.45, 2.75) is 32.7 Å².